The number of hydrogen-bond acceptors (Lipinski definition) is 2. The minimum atomic E-state index is 0.0770. The van der Waals surface area contributed by atoms with Crippen molar-refractivity contribution in [3.05, 3.63) is 165 Å². The second kappa shape index (κ2) is 16.0. The fourth-order valence-electron chi connectivity index (χ4n) is 12.1. The highest BCUT2D eigenvalue weighted by atomic mass is 127. The smallest absolute Gasteiger partial charge is 0.0520 e. The summed E-state index contributed by atoms with van der Waals surface area (Å²) < 4.78 is 0.521. The van der Waals surface area contributed by atoms with Gasteiger partial charge in [-0.25, -0.2) is 0 Å². The fourth-order valence-corrected chi connectivity index (χ4v) is 13.1. The molecule has 0 N–H and O–H groups in total. The molecule has 3 heteroatoms. The number of benzene rings is 6. The number of halogens is 1. The maximum atomic E-state index is 2.65. The molecule has 0 saturated heterocycles. The van der Waals surface area contributed by atoms with Gasteiger partial charge in [-0.2, -0.15) is 0 Å². The first kappa shape index (κ1) is 43.9. The molecule has 9 rings (SSSR count). The maximum Gasteiger partial charge on any atom is 0.0520 e. The van der Waals surface area contributed by atoms with Gasteiger partial charge in [0.25, 0.3) is 0 Å². The van der Waals surface area contributed by atoms with Gasteiger partial charge >= 0.3 is 0 Å². The van der Waals surface area contributed by atoms with Gasteiger partial charge in [-0.3, -0.25) is 0 Å². The molecule has 0 aliphatic heterocycles. The molecule has 3 aliphatic rings. The molecule has 6 aromatic carbocycles. The van der Waals surface area contributed by atoms with Crippen LogP contribution in [-0.2, 0) is 21.7 Å². The molecule has 2 saturated carbocycles. The Kier molecular flexibility index (Phi) is 11.1. The first-order valence-corrected chi connectivity index (χ1v) is 25.1. The van der Waals surface area contributed by atoms with Crippen molar-refractivity contribution in [1.29, 1.82) is 0 Å². The van der Waals surface area contributed by atoms with Gasteiger partial charge < -0.3 is 9.80 Å². The summed E-state index contributed by atoms with van der Waals surface area (Å²) in [6, 6.07) is 43.5. The molecule has 0 radical (unpaired) electrons. The molecular formula is C60H69IN2. The average molecular weight is 945 g/mol. The third-order valence-corrected chi connectivity index (χ3v) is 16.8. The van der Waals surface area contributed by atoms with Crippen LogP contribution in [0.5, 0.6) is 0 Å². The molecule has 63 heavy (non-hydrogen) atoms. The fraction of sp³-hybridized carbons (Fsp3) is 0.400. The van der Waals surface area contributed by atoms with E-state index in [0.29, 0.717) is 3.92 Å². The minimum absolute atomic E-state index is 0.0770. The zero-order valence-corrected chi connectivity index (χ0v) is 42.3. The van der Waals surface area contributed by atoms with Crippen LogP contribution in [0.15, 0.2) is 109 Å². The summed E-state index contributed by atoms with van der Waals surface area (Å²) >= 11 is 2.65. The van der Waals surface area contributed by atoms with Crippen LogP contribution < -0.4 is 9.80 Å². The largest absolute Gasteiger partial charge is 0.310 e. The Morgan fingerprint density at radius 3 is 1.33 bits per heavy atom. The van der Waals surface area contributed by atoms with E-state index in [-0.39, 0.29) is 21.7 Å². The summed E-state index contributed by atoms with van der Waals surface area (Å²) in [4.78, 5) is 5.14. The quantitative estimate of drug-likeness (QED) is 0.105. The summed E-state index contributed by atoms with van der Waals surface area (Å²) in [7, 11) is 0. The van der Waals surface area contributed by atoms with Crippen LogP contribution in [0, 0.1) is 34.6 Å². The van der Waals surface area contributed by atoms with Gasteiger partial charge in [0.1, 0.15) is 0 Å². The normalized spacial score (nSPS) is 19.4. The van der Waals surface area contributed by atoms with E-state index in [1.54, 1.807) is 11.1 Å². The molecule has 0 bridgehead atoms. The van der Waals surface area contributed by atoms with E-state index in [1.807, 2.05) is 0 Å². The standard InChI is InChI=1S/C60H69IN2/c1-13-15-54(61)43-32-39(3)55(40(4)33-43)62(46-20-16-38(2)17-21-46)48-24-26-50-51-27-25-49(37-53(51)60-29-14-28-59(60,30-31-60)52(50)36-48)63(47-22-18-44(19-23-47)57(7,8)9)56-41(5)34-45(35-42(56)6)58(10,11)12/h16-27,32-37,54H,13-15,28-31H2,1-12H3/t54?,59-,60-/m1/s1. The van der Waals surface area contributed by atoms with E-state index in [0.717, 1.165) is 0 Å². The van der Waals surface area contributed by atoms with Gasteiger partial charge in [0, 0.05) is 37.5 Å². The van der Waals surface area contributed by atoms with Crippen LogP contribution in [0.3, 0.4) is 0 Å². The highest BCUT2D eigenvalue weighted by Crippen LogP contribution is 2.73. The zero-order chi connectivity index (χ0) is 44.8. The molecule has 2 fully saturated rings. The van der Waals surface area contributed by atoms with Gasteiger partial charge in [0.2, 0.25) is 0 Å². The topological polar surface area (TPSA) is 6.48 Å². The first-order valence-electron chi connectivity index (χ1n) is 23.8. The molecule has 0 amide bonds. The molecule has 0 spiro atoms. The van der Waals surface area contributed by atoms with E-state index < -0.39 is 0 Å². The Bertz CT molecular complexity index is 2660. The Morgan fingerprint density at radius 2 is 0.921 bits per heavy atom. The predicted octanol–water partition coefficient (Wildman–Crippen LogP) is 18.2. The molecular weight excluding hydrogens is 876 g/mol. The zero-order valence-electron chi connectivity index (χ0n) is 40.2. The van der Waals surface area contributed by atoms with Crippen molar-refractivity contribution in [1.82, 2.24) is 0 Å². The highest BCUT2D eigenvalue weighted by Gasteiger charge is 2.65. The van der Waals surface area contributed by atoms with Crippen LogP contribution >= 0.6 is 22.6 Å². The molecule has 0 aromatic heterocycles. The maximum absolute atomic E-state index is 2.65. The van der Waals surface area contributed by atoms with Crippen molar-refractivity contribution < 1.29 is 0 Å². The third-order valence-electron chi connectivity index (χ3n) is 15.5. The highest BCUT2D eigenvalue weighted by molar-refractivity contribution is 14.1. The summed E-state index contributed by atoms with van der Waals surface area (Å²) in [6.45, 7) is 27.7. The van der Waals surface area contributed by atoms with Crippen LogP contribution in [0.2, 0.25) is 0 Å². The van der Waals surface area contributed by atoms with Crippen LogP contribution in [0.1, 0.15) is 153 Å². The SMILES string of the molecule is CCCC(I)c1cc(C)c(N(c2ccc(C)cc2)c2ccc3c(c2)[C@]24CCC[C@@]2(CC4)c2cc(N(c4ccc(C(C)(C)C)cc4)c4c(C)cc(C(C)(C)C)cc4C)ccc2-3)c(C)c1. The van der Waals surface area contributed by atoms with Gasteiger partial charge in [-0.1, -0.05) is 150 Å². The Hall–Kier alpha value is -4.35. The number of rotatable bonds is 9. The van der Waals surface area contributed by atoms with Gasteiger partial charge in [-0.05, 0) is 187 Å². The molecule has 6 aromatic rings. The van der Waals surface area contributed by atoms with Crippen molar-refractivity contribution >= 4 is 56.7 Å². The second-order valence-corrected chi connectivity index (χ2v) is 23.3. The van der Waals surface area contributed by atoms with Gasteiger partial charge in [0.15, 0.2) is 0 Å². The lowest BCUT2D eigenvalue weighted by Crippen LogP contribution is -2.56. The predicted molar refractivity (Wildman–Crippen MR) is 280 cm³/mol. The summed E-state index contributed by atoms with van der Waals surface area (Å²) in [5.74, 6) is 0. The van der Waals surface area contributed by atoms with Crippen LogP contribution in [0.4, 0.5) is 34.1 Å². The molecule has 0 heterocycles. The number of nitrogens with zero attached hydrogens (tertiary/aromatic N) is 2. The number of anilines is 6. The van der Waals surface area contributed by atoms with Crippen molar-refractivity contribution in [2.45, 2.75) is 154 Å². The van der Waals surface area contributed by atoms with Crippen molar-refractivity contribution in [3.63, 3.8) is 0 Å². The molecule has 326 valence electrons. The van der Waals surface area contributed by atoms with Crippen molar-refractivity contribution in [2.75, 3.05) is 9.80 Å². The Balaban J connectivity index is 1.21. The van der Waals surface area contributed by atoms with E-state index >= 15 is 0 Å². The second-order valence-electron chi connectivity index (χ2n) is 21.7. The van der Waals surface area contributed by atoms with Crippen molar-refractivity contribution in [2.24, 2.45) is 0 Å². The van der Waals surface area contributed by atoms with E-state index in [4.69, 9.17) is 0 Å². The monoisotopic (exact) mass is 944 g/mol. The first-order chi connectivity index (χ1) is 29.9. The van der Waals surface area contributed by atoms with Gasteiger partial charge in [0.05, 0.1) is 11.4 Å². The lowest BCUT2D eigenvalue weighted by Gasteiger charge is -2.60. The Morgan fingerprint density at radius 1 is 0.508 bits per heavy atom. The van der Waals surface area contributed by atoms with Crippen LogP contribution in [0.25, 0.3) is 11.1 Å². The Labute approximate surface area is 393 Å². The van der Waals surface area contributed by atoms with E-state index in [2.05, 4.69) is 225 Å². The van der Waals surface area contributed by atoms with Crippen LogP contribution in [-0.4, -0.2) is 0 Å². The molecule has 3 atom stereocenters. The van der Waals surface area contributed by atoms with Gasteiger partial charge in [-0.15, -0.1) is 0 Å². The number of alkyl halides is 1. The molecule has 3 aliphatic carbocycles. The third kappa shape index (κ3) is 7.28. The lowest BCUT2D eigenvalue weighted by molar-refractivity contribution is 0.105. The summed E-state index contributed by atoms with van der Waals surface area (Å²) in [5, 5.41) is 0. The lowest BCUT2D eigenvalue weighted by atomic mass is 9.43. The van der Waals surface area contributed by atoms with Crippen molar-refractivity contribution in [3.8, 4) is 11.1 Å². The van der Waals surface area contributed by atoms with E-state index in [9.17, 15) is 0 Å². The number of hydrogen-bond donors (Lipinski definition) is 0. The number of fused-ring (bicyclic) bond motifs is 3. The van der Waals surface area contributed by atoms with E-state index in [1.165, 1.54) is 135 Å². The average Bonchev–Trinajstić information content (AvgIpc) is 3.51. The molecule has 2 nitrogen and oxygen atoms in total. The molecule has 1 unspecified atom stereocenters. The number of aryl methyl sites for hydroxylation is 5. The summed E-state index contributed by atoms with van der Waals surface area (Å²) in [5.41, 5.74) is 24.8. The minimum Gasteiger partial charge on any atom is -0.310 e. The summed E-state index contributed by atoms with van der Waals surface area (Å²) in [6.07, 6.45) is 8.68.